The fraction of sp³-hybridized carbons (Fsp3) is 0.200. The van der Waals surface area contributed by atoms with Gasteiger partial charge in [0.05, 0.1) is 4.88 Å². The molecule has 0 saturated heterocycles. The van der Waals surface area contributed by atoms with E-state index in [1.54, 1.807) is 6.92 Å². The van der Waals surface area contributed by atoms with E-state index in [9.17, 15) is 9.59 Å². The van der Waals surface area contributed by atoms with Gasteiger partial charge in [-0.05, 0) is 18.6 Å². The standard InChI is InChI=1S/C10H8O4S/c1-6-5-8(10(13)14)15-7(6)3-2-4-9(11)12/h5H,4H2,1H3,(H,11,12)(H,13,14). The molecule has 1 aromatic rings. The van der Waals surface area contributed by atoms with Crippen LogP contribution in [0.4, 0.5) is 0 Å². The van der Waals surface area contributed by atoms with E-state index in [0.29, 0.717) is 4.88 Å². The summed E-state index contributed by atoms with van der Waals surface area (Å²) in [5.74, 6) is 3.12. The van der Waals surface area contributed by atoms with Gasteiger partial charge in [-0.2, -0.15) is 0 Å². The Kier molecular flexibility index (Phi) is 3.47. The molecule has 1 aromatic heterocycles. The highest BCUT2D eigenvalue weighted by Gasteiger charge is 2.09. The van der Waals surface area contributed by atoms with Crippen molar-refractivity contribution in [1.29, 1.82) is 0 Å². The van der Waals surface area contributed by atoms with Gasteiger partial charge in [0.1, 0.15) is 11.3 Å². The number of hydrogen-bond acceptors (Lipinski definition) is 3. The lowest BCUT2D eigenvalue weighted by molar-refractivity contribution is -0.135. The van der Waals surface area contributed by atoms with E-state index in [-0.39, 0.29) is 11.3 Å². The molecular weight excluding hydrogens is 216 g/mol. The Balaban J connectivity index is 2.89. The van der Waals surface area contributed by atoms with Crippen LogP contribution in [0.15, 0.2) is 6.07 Å². The van der Waals surface area contributed by atoms with Crippen molar-refractivity contribution in [3.05, 3.63) is 21.4 Å². The normalized spacial score (nSPS) is 9.13. The molecule has 0 radical (unpaired) electrons. The van der Waals surface area contributed by atoms with Crippen LogP contribution in [-0.4, -0.2) is 22.2 Å². The lowest BCUT2D eigenvalue weighted by atomic mass is 10.2. The van der Waals surface area contributed by atoms with Crippen molar-refractivity contribution >= 4 is 23.3 Å². The average Bonchev–Trinajstić information content (AvgIpc) is 2.47. The Hall–Kier alpha value is -1.80. The summed E-state index contributed by atoms with van der Waals surface area (Å²) in [5.41, 5.74) is 0.760. The minimum atomic E-state index is -0.991. The van der Waals surface area contributed by atoms with Crippen LogP contribution in [0.25, 0.3) is 0 Å². The lowest BCUT2D eigenvalue weighted by Gasteiger charge is -1.83. The quantitative estimate of drug-likeness (QED) is 0.748. The summed E-state index contributed by atoms with van der Waals surface area (Å²) in [4.78, 5) is 21.6. The first-order chi connectivity index (χ1) is 7.00. The van der Waals surface area contributed by atoms with Gasteiger partial charge >= 0.3 is 11.9 Å². The molecule has 0 atom stereocenters. The molecule has 15 heavy (non-hydrogen) atoms. The van der Waals surface area contributed by atoms with Crippen LogP contribution in [0, 0.1) is 18.8 Å². The molecule has 0 spiro atoms. The van der Waals surface area contributed by atoms with Crippen LogP contribution < -0.4 is 0 Å². The van der Waals surface area contributed by atoms with E-state index in [2.05, 4.69) is 11.8 Å². The van der Waals surface area contributed by atoms with Crippen LogP contribution in [0.2, 0.25) is 0 Å². The second-order valence-corrected chi connectivity index (χ2v) is 3.85. The zero-order chi connectivity index (χ0) is 11.4. The number of aliphatic carboxylic acids is 1. The van der Waals surface area contributed by atoms with Gasteiger partial charge in [-0.15, -0.1) is 11.3 Å². The molecule has 0 unspecified atom stereocenters. The topological polar surface area (TPSA) is 74.6 Å². The van der Waals surface area contributed by atoms with Crippen molar-refractivity contribution in [2.45, 2.75) is 13.3 Å². The molecule has 0 bridgehead atoms. The zero-order valence-electron chi connectivity index (χ0n) is 7.90. The number of carboxylic acids is 2. The number of carbonyl (C=O) groups is 2. The van der Waals surface area contributed by atoms with Gasteiger partial charge in [-0.3, -0.25) is 4.79 Å². The second-order valence-electron chi connectivity index (χ2n) is 2.80. The van der Waals surface area contributed by atoms with Crippen LogP contribution >= 0.6 is 11.3 Å². The summed E-state index contributed by atoms with van der Waals surface area (Å²) in [7, 11) is 0. The van der Waals surface area contributed by atoms with E-state index >= 15 is 0 Å². The first-order valence-electron chi connectivity index (χ1n) is 4.05. The SMILES string of the molecule is Cc1cc(C(=O)O)sc1C#CCC(=O)O. The van der Waals surface area contributed by atoms with Gasteiger partial charge in [0.15, 0.2) is 0 Å². The number of carboxylic acid groups (broad SMARTS) is 2. The minimum Gasteiger partial charge on any atom is -0.481 e. The molecule has 5 heteroatoms. The van der Waals surface area contributed by atoms with Crippen molar-refractivity contribution < 1.29 is 19.8 Å². The predicted molar refractivity (Wildman–Crippen MR) is 55.1 cm³/mol. The number of aromatic carboxylic acids is 1. The highest BCUT2D eigenvalue weighted by molar-refractivity contribution is 7.14. The Labute approximate surface area is 90.2 Å². The number of rotatable bonds is 2. The molecular formula is C10H8O4S. The van der Waals surface area contributed by atoms with Crippen molar-refractivity contribution in [1.82, 2.24) is 0 Å². The second kappa shape index (κ2) is 4.62. The smallest absolute Gasteiger partial charge is 0.345 e. The summed E-state index contributed by atoms with van der Waals surface area (Å²) in [6, 6.07) is 1.53. The Morgan fingerprint density at radius 1 is 1.47 bits per heavy atom. The molecule has 4 nitrogen and oxygen atoms in total. The van der Waals surface area contributed by atoms with Gasteiger partial charge in [0, 0.05) is 0 Å². The van der Waals surface area contributed by atoms with Gasteiger partial charge in [0.2, 0.25) is 0 Å². The maximum absolute atomic E-state index is 10.6. The third-order valence-corrected chi connectivity index (χ3v) is 2.71. The van der Waals surface area contributed by atoms with Crippen molar-refractivity contribution in [2.75, 3.05) is 0 Å². The molecule has 0 aromatic carbocycles. The van der Waals surface area contributed by atoms with E-state index < -0.39 is 11.9 Å². The number of thiophene rings is 1. The van der Waals surface area contributed by atoms with Crippen LogP contribution in [-0.2, 0) is 4.79 Å². The monoisotopic (exact) mass is 224 g/mol. The highest BCUT2D eigenvalue weighted by atomic mass is 32.1. The molecule has 1 heterocycles. The first kappa shape index (κ1) is 11.3. The molecule has 2 N–H and O–H groups in total. The largest absolute Gasteiger partial charge is 0.481 e. The molecule has 1 rings (SSSR count). The fourth-order valence-electron chi connectivity index (χ4n) is 0.912. The van der Waals surface area contributed by atoms with E-state index in [1.807, 2.05) is 0 Å². The molecule has 0 aliphatic heterocycles. The number of aryl methyl sites for hydroxylation is 1. The van der Waals surface area contributed by atoms with Gasteiger partial charge < -0.3 is 10.2 Å². The van der Waals surface area contributed by atoms with E-state index in [1.165, 1.54) is 6.07 Å². The molecule has 0 aliphatic carbocycles. The Morgan fingerprint density at radius 2 is 2.13 bits per heavy atom. The summed E-state index contributed by atoms with van der Waals surface area (Å²) >= 11 is 1.05. The maximum atomic E-state index is 10.6. The predicted octanol–water partition coefficient (Wildman–Crippen LogP) is 1.58. The van der Waals surface area contributed by atoms with Crippen LogP contribution in [0.3, 0.4) is 0 Å². The highest BCUT2D eigenvalue weighted by Crippen LogP contribution is 2.20. The summed E-state index contributed by atoms with van der Waals surface area (Å²) in [6.07, 6.45) is -0.236. The molecule has 0 aliphatic rings. The molecule has 0 fully saturated rings. The van der Waals surface area contributed by atoms with E-state index in [4.69, 9.17) is 10.2 Å². The Morgan fingerprint density at radius 3 is 2.60 bits per heavy atom. The minimum absolute atomic E-state index is 0.215. The Bertz CT molecular complexity index is 462. The van der Waals surface area contributed by atoms with Crippen LogP contribution in [0.1, 0.15) is 26.5 Å². The van der Waals surface area contributed by atoms with E-state index in [0.717, 1.165) is 16.9 Å². The third-order valence-electron chi connectivity index (χ3n) is 1.57. The zero-order valence-corrected chi connectivity index (χ0v) is 8.72. The van der Waals surface area contributed by atoms with Crippen molar-refractivity contribution in [3.8, 4) is 11.8 Å². The average molecular weight is 224 g/mol. The van der Waals surface area contributed by atoms with Gasteiger partial charge in [0.25, 0.3) is 0 Å². The van der Waals surface area contributed by atoms with Crippen LogP contribution in [0.5, 0.6) is 0 Å². The summed E-state index contributed by atoms with van der Waals surface area (Å²) < 4.78 is 0. The lowest BCUT2D eigenvalue weighted by Crippen LogP contribution is -1.90. The number of hydrogen-bond donors (Lipinski definition) is 2. The summed E-state index contributed by atoms with van der Waals surface area (Å²) in [5, 5.41) is 17.1. The molecule has 0 saturated carbocycles. The molecule has 78 valence electrons. The maximum Gasteiger partial charge on any atom is 0.345 e. The van der Waals surface area contributed by atoms with Gasteiger partial charge in [-0.25, -0.2) is 4.79 Å². The van der Waals surface area contributed by atoms with Gasteiger partial charge in [-0.1, -0.05) is 11.8 Å². The van der Waals surface area contributed by atoms with Crippen molar-refractivity contribution in [2.24, 2.45) is 0 Å². The molecule has 0 amide bonds. The third kappa shape index (κ3) is 3.11. The first-order valence-corrected chi connectivity index (χ1v) is 4.86. The van der Waals surface area contributed by atoms with Crippen molar-refractivity contribution in [3.63, 3.8) is 0 Å². The summed E-state index contributed by atoms with van der Waals surface area (Å²) in [6.45, 7) is 1.74. The fourth-order valence-corrected chi connectivity index (χ4v) is 1.80.